The van der Waals surface area contributed by atoms with Crippen LogP contribution in [-0.2, 0) is 22.3 Å². The number of nitrogens with zero attached hydrogens (tertiary/aromatic N) is 3. The van der Waals surface area contributed by atoms with Gasteiger partial charge < -0.3 is 19.7 Å². The lowest BCUT2D eigenvalue weighted by atomic mass is 9.88. The molecule has 2 amide bonds. The molecule has 0 saturated carbocycles. The molecule has 2 heterocycles. The molecule has 1 fully saturated rings. The summed E-state index contributed by atoms with van der Waals surface area (Å²) in [7, 11) is 3.47. The number of carbonyl (C=O) groups excluding carboxylic acids is 1. The van der Waals surface area contributed by atoms with Crippen molar-refractivity contribution in [2.45, 2.75) is 44.9 Å². The van der Waals surface area contributed by atoms with E-state index >= 15 is 0 Å². The molecule has 1 aromatic heterocycles. The number of unbranched alkanes of at least 4 members (excludes halogenated alkanes) is 2. The first-order valence-electron chi connectivity index (χ1n) is 14.3. The van der Waals surface area contributed by atoms with E-state index < -0.39 is 0 Å². The summed E-state index contributed by atoms with van der Waals surface area (Å²) in [6.07, 6.45) is 8.70. The number of carbonyl (C=O) groups is 1. The number of aromatic nitrogens is 1. The lowest BCUT2D eigenvalue weighted by Crippen LogP contribution is -2.43. The molecule has 8 heteroatoms. The Kier molecular flexibility index (Phi) is 11.6. The quantitative estimate of drug-likeness (QED) is 0.365. The van der Waals surface area contributed by atoms with Gasteiger partial charge in [0.2, 0.25) is 0 Å². The Bertz CT molecular complexity index is 1100. The Labute approximate surface area is 238 Å². The minimum absolute atomic E-state index is 0.0486. The Morgan fingerprint density at radius 1 is 0.974 bits per heavy atom. The van der Waals surface area contributed by atoms with Crippen molar-refractivity contribution >= 4 is 23.2 Å². The first-order valence-corrected chi connectivity index (χ1v) is 14.7. The molecule has 0 spiro atoms. The maximum absolute atomic E-state index is 12.9. The van der Waals surface area contributed by atoms with Crippen LogP contribution >= 0.6 is 11.6 Å². The molecule has 0 bridgehead atoms. The van der Waals surface area contributed by atoms with E-state index in [2.05, 4.69) is 28.4 Å². The van der Waals surface area contributed by atoms with Crippen molar-refractivity contribution in [3.63, 3.8) is 0 Å². The van der Waals surface area contributed by atoms with E-state index in [0.29, 0.717) is 6.54 Å². The van der Waals surface area contributed by atoms with Gasteiger partial charge in [-0.2, -0.15) is 0 Å². The summed E-state index contributed by atoms with van der Waals surface area (Å²) >= 11 is 6.35. The number of aryl methyl sites for hydroxylation is 2. The Hall–Kier alpha value is -2.45. The summed E-state index contributed by atoms with van der Waals surface area (Å²) in [4.78, 5) is 22.0. The predicted octanol–water partition coefficient (Wildman–Crippen LogP) is 5.21. The predicted molar refractivity (Wildman–Crippen MR) is 157 cm³/mol. The summed E-state index contributed by atoms with van der Waals surface area (Å²) in [5, 5.41) is 3.92. The third kappa shape index (κ3) is 8.27. The average molecular weight is 555 g/mol. The highest BCUT2D eigenvalue weighted by Gasteiger charge is 2.26. The molecule has 2 aliphatic rings. The normalized spacial score (nSPS) is 15.2. The maximum Gasteiger partial charge on any atom is 0.317 e. The number of piperidine rings is 1. The van der Waals surface area contributed by atoms with Gasteiger partial charge in [0.25, 0.3) is 0 Å². The van der Waals surface area contributed by atoms with E-state index in [1.807, 2.05) is 23.2 Å². The fourth-order valence-corrected chi connectivity index (χ4v) is 5.78. The molecule has 1 aliphatic heterocycles. The number of halogens is 1. The van der Waals surface area contributed by atoms with E-state index in [9.17, 15) is 4.79 Å². The van der Waals surface area contributed by atoms with Crippen LogP contribution in [0.5, 0.6) is 0 Å². The number of benzene rings is 1. The summed E-state index contributed by atoms with van der Waals surface area (Å²) in [5.41, 5.74) is 7.54. The van der Waals surface area contributed by atoms with Gasteiger partial charge in [0.1, 0.15) is 0 Å². The second-order valence-electron chi connectivity index (χ2n) is 10.4. The largest absolute Gasteiger partial charge is 0.383 e. The zero-order valence-corrected chi connectivity index (χ0v) is 24.3. The van der Waals surface area contributed by atoms with Crippen molar-refractivity contribution in [1.29, 1.82) is 0 Å². The molecule has 212 valence electrons. The molecule has 1 aromatic carbocycles. The smallest absolute Gasteiger partial charge is 0.317 e. The third-order valence-electron chi connectivity index (χ3n) is 7.79. The van der Waals surface area contributed by atoms with Gasteiger partial charge in [-0.3, -0.25) is 9.88 Å². The molecule has 1 N–H and O–H groups in total. The molecular weight excluding hydrogens is 512 g/mol. The van der Waals surface area contributed by atoms with Crippen LogP contribution in [0.25, 0.3) is 5.57 Å². The number of nitrogens with one attached hydrogen (secondary N) is 1. The van der Waals surface area contributed by atoms with E-state index in [1.165, 1.54) is 27.8 Å². The van der Waals surface area contributed by atoms with Crippen LogP contribution in [-0.4, -0.2) is 87.5 Å². The Morgan fingerprint density at radius 2 is 1.72 bits per heavy atom. The lowest BCUT2D eigenvalue weighted by Gasteiger charge is -2.30. The average Bonchev–Trinajstić information content (AvgIpc) is 3.12. The van der Waals surface area contributed by atoms with E-state index in [1.54, 1.807) is 14.2 Å². The number of fused-ring (bicyclic) bond motifs is 2. The van der Waals surface area contributed by atoms with Crippen molar-refractivity contribution < 1.29 is 14.3 Å². The van der Waals surface area contributed by atoms with Gasteiger partial charge in [-0.1, -0.05) is 35.7 Å². The number of methoxy groups -OCH3 is 2. The second-order valence-corrected chi connectivity index (χ2v) is 10.8. The highest BCUT2D eigenvalue weighted by atomic mass is 35.5. The highest BCUT2D eigenvalue weighted by molar-refractivity contribution is 6.30. The lowest BCUT2D eigenvalue weighted by molar-refractivity contribution is 0.113. The van der Waals surface area contributed by atoms with Crippen molar-refractivity contribution in [1.82, 2.24) is 20.1 Å². The molecular formula is C31H43ClN4O3. The van der Waals surface area contributed by atoms with Crippen LogP contribution in [0.3, 0.4) is 0 Å². The first-order chi connectivity index (χ1) is 19.1. The monoisotopic (exact) mass is 554 g/mol. The number of ether oxygens (including phenoxy) is 2. The minimum Gasteiger partial charge on any atom is -0.383 e. The third-order valence-corrected chi connectivity index (χ3v) is 8.02. The minimum atomic E-state index is 0.0486. The van der Waals surface area contributed by atoms with E-state index in [0.717, 1.165) is 102 Å². The Balaban J connectivity index is 1.28. The number of pyridine rings is 1. The number of hydrogen-bond acceptors (Lipinski definition) is 5. The van der Waals surface area contributed by atoms with Gasteiger partial charge in [0.15, 0.2) is 0 Å². The molecule has 0 radical (unpaired) electrons. The molecule has 7 nitrogen and oxygen atoms in total. The maximum atomic E-state index is 12.9. The van der Waals surface area contributed by atoms with Gasteiger partial charge in [-0.15, -0.1) is 0 Å². The van der Waals surface area contributed by atoms with Crippen molar-refractivity contribution in [3.05, 3.63) is 69.5 Å². The van der Waals surface area contributed by atoms with Crippen LogP contribution in [0.15, 0.2) is 42.1 Å². The SMILES string of the molecule is COCCN(CCCCCNC(=O)N1CCC(=C2c3ccc(Cl)cc3CCc3cccnc32)CC1)CCOC. The van der Waals surface area contributed by atoms with Crippen LogP contribution in [0.2, 0.25) is 5.02 Å². The van der Waals surface area contributed by atoms with E-state index in [4.69, 9.17) is 26.1 Å². The van der Waals surface area contributed by atoms with Gasteiger partial charge in [0, 0.05) is 63.7 Å². The summed E-state index contributed by atoms with van der Waals surface area (Å²) in [5.74, 6) is 0. The number of amides is 2. The van der Waals surface area contributed by atoms with Crippen molar-refractivity contribution in [2.75, 3.05) is 66.7 Å². The van der Waals surface area contributed by atoms with Crippen LogP contribution < -0.4 is 5.32 Å². The standard InChI is InChI=1S/C31H43ClN4O3/c1-38-21-19-35(20-22-39-2)16-5-3-4-14-34-31(37)36-17-12-24(13-18-36)29-28-11-10-27(32)23-26(28)9-8-25-7-6-15-33-30(25)29/h6-7,10-11,15,23H,3-5,8-9,12-14,16-22H2,1-2H3,(H,34,37). The number of rotatable bonds is 12. The number of likely N-dealkylation sites (tertiary alicyclic amines) is 1. The van der Waals surface area contributed by atoms with Gasteiger partial charge in [0.05, 0.1) is 18.9 Å². The summed E-state index contributed by atoms with van der Waals surface area (Å²) < 4.78 is 10.4. The zero-order valence-electron chi connectivity index (χ0n) is 23.5. The molecule has 0 unspecified atom stereocenters. The zero-order chi connectivity index (χ0) is 27.5. The number of hydrogen-bond donors (Lipinski definition) is 1. The molecule has 0 atom stereocenters. The van der Waals surface area contributed by atoms with Gasteiger partial charge in [-0.25, -0.2) is 4.79 Å². The van der Waals surface area contributed by atoms with Gasteiger partial charge in [-0.05, 0) is 80.0 Å². The van der Waals surface area contributed by atoms with Crippen molar-refractivity contribution in [2.24, 2.45) is 0 Å². The van der Waals surface area contributed by atoms with Crippen LogP contribution in [0.1, 0.15) is 54.5 Å². The molecule has 1 saturated heterocycles. The number of urea groups is 1. The highest BCUT2D eigenvalue weighted by Crippen LogP contribution is 2.38. The molecule has 39 heavy (non-hydrogen) atoms. The topological polar surface area (TPSA) is 66.9 Å². The van der Waals surface area contributed by atoms with Crippen LogP contribution in [0, 0.1) is 0 Å². The summed E-state index contributed by atoms with van der Waals surface area (Å²) in [6, 6.07) is 10.5. The van der Waals surface area contributed by atoms with Crippen molar-refractivity contribution in [3.8, 4) is 0 Å². The van der Waals surface area contributed by atoms with E-state index in [-0.39, 0.29) is 6.03 Å². The summed E-state index contributed by atoms with van der Waals surface area (Å²) in [6.45, 7) is 6.50. The fraction of sp³-hybridized carbons (Fsp3) is 0.548. The fourth-order valence-electron chi connectivity index (χ4n) is 5.58. The molecule has 1 aliphatic carbocycles. The molecule has 2 aromatic rings. The van der Waals surface area contributed by atoms with Crippen LogP contribution in [0.4, 0.5) is 4.79 Å². The Morgan fingerprint density at radius 3 is 2.46 bits per heavy atom. The second kappa shape index (κ2) is 15.4. The first kappa shape index (κ1) is 29.5. The molecule has 4 rings (SSSR count). The van der Waals surface area contributed by atoms with Gasteiger partial charge >= 0.3 is 6.03 Å².